The fourth-order valence-electron chi connectivity index (χ4n) is 3.68. The molecular formula is C17H21N5O4. The quantitative estimate of drug-likeness (QED) is 0.734. The summed E-state index contributed by atoms with van der Waals surface area (Å²) in [5.41, 5.74) is 3.79. The number of benzene rings is 1. The third kappa shape index (κ3) is 2.69. The molecule has 9 heteroatoms. The van der Waals surface area contributed by atoms with Gasteiger partial charge in [-0.15, -0.1) is 0 Å². The Balaban J connectivity index is 1.61. The summed E-state index contributed by atoms with van der Waals surface area (Å²) in [6.07, 6.45) is -0.175. The van der Waals surface area contributed by atoms with Crippen LogP contribution in [0, 0.1) is 0 Å². The molecule has 3 N–H and O–H groups in total. The smallest absolute Gasteiger partial charge is 0.407 e. The second kappa shape index (κ2) is 5.79. The van der Waals surface area contributed by atoms with Gasteiger partial charge in [-0.1, -0.05) is 0 Å². The molecule has 26 heavy (non-hydrogen) atoms. The van der Waals surface area contributed by atoms with Crippen molar-refractivity contribution in [3.05, 3.63) is 18.2 Å². The molecule has 1 aromatic rings. The Labute approximate surface area is 150 Å². The van der Waals surface area contributed by atoms with Crippen molar-refractivity contribution in [3.8, 4) is 5.75 Å². The summed E-state index contributed by atoms with van der Waals surface area (Å²) in [6.45, 7) is 5.06. The molecular weight excluding hydrogens is 338 g/mol. The minimum absolute atomic E-state index is 0.167. The summed E-state index contributed by atoms with van der Waals surface area (Å²) >= 11 is 0. The van der Waals surface area contributed by atoms with Crippen molar-refractivity contribution in [1.82, 2.24) is 10.3 Å². The van der Waals surface area contributed by atoms with Crippen molar-refractivity contribution in [2.24, 2.45) is 5.10 Å². The van der Waals surface area contributed by atoms with Crippen molar-refractivity contribution in [2.45, 2.75) is 31.8 Å². The predicted molar refractivity (Wildman–Crippen MR) is 95.7 cm³/mol. The topological polar surface area (TPSA) is 106 Å². The van der Waals surface area contributed by atoms with Crippen LogP contribution >= 0.6 is 0 Å². The van der Waals surface area contributed by atoms with Gasteiger partial charge in [0.1, 0.15) is 18.4 Å². The Kier molecular flexibility index (Phi) is 3.67. The molecule has 4 rings (SSSR count). The van der Waals surface area contributed by atoms with E-state index in [9.17, 15) is 14.7 Å². The summed E-state index contributed by atoms with van der Waals surface area (Å²) in [4.78, 5) is 26.5. The number of rotatable bonds is 2. The average Bonchev–Trinajstić information content (AvgIpc) is 3.00. The number of hydrazone groups is 1. The number of nitrogens with one attached hydrogen (secondary N) is 2. The van der Waals surface area contributed by atoms with E-state index < -0.39 is 6.09 Å². The zero-order chi connectivity index (χ0) is 18.5. The highest BCUT2D eigenvalue weighted by Gasteiger charge is 2.38. The van der Waals surface area contributed by atoms with Crippen LogP contribution in [0.3, 0.4) is 0 Å². The number of ether oxygens (including phenoxy) is 1. The van der Waals surface area contributed by atoms with E-state index in [1.54, 1.807) is 0 Å². The minimum atomic E-state index is -0.900. The fourth-order valence-corrected chi connectivity index (χ4v) is 3.68. The van der Waals surface area contributed by atoms with E-state index >= 15 is 0 Å². The molecule has 9 nitrogen and oxygen atoms in total. The van der Waals surface area contributed by atoms with Crippen molar-refractivity contribution in [1.29, 1.82) is 0 Å². The van der Waals surface area contributed by atoms with E-state index in [1.165, 1.54) is 4.90 Å². The monoisotopic (exact) mass is 359 g/mol. The van der Waals surface area contributed by atoms with Gasteiger partial charge >= 0.3 is 6.09 Å². The standard InChI is InChI=1S/C17H21N5O4/c1-10-15(23)20-19-14-8-26-13-4-3-11(7-12(13)22(10)14)18-17(2)5-6-21(9-17)16(24)25/h3-4,7,10,18H,5-6,8-9H2,1-2H3,(H,20,23)(H,24,25)/t10?,17-/m0/s1. The van der Waals surface area contributed by atoms with Gasteiger partial charge in [-0.3, -0.25) is 4.79 Å². The van der Waals surface area contributed by atoms with E-state index in [-0.39, 0.29) is 17.5 Å². The Morgan fingerprint density at radius 2 is 2.31 bits per heavy atom. The molecule has 2 amide bonds. The van der Waals surface area contributed by atoms with Gasteiger partial charge in [0, 0.05) is 18.8 Å². The van der Waals surface area contributed by atoms with Gasteiger partial charge in [-0.2, -0.15) is 5.10 Å². The summed E-state index contributed by atoms with van der Waals surface area (Å²) in [5.74, 6) is 1.19. The lowest BCUT2D eigenvalue weighted by molar-refractivity contribution is -0.122. The highest BCUT2D eigenvalue weighted by atomic mass is 16.5. The van der Waals surface area contributed by atoms with Crippen LogP contribution in [0.2, 0.25) is 0 Å². The lowest BCUT2D eigenvalue weighted by Gasteiger charge is -2.38. The number of amides is 2. The van der Waals surface area contributed by atoms with Crippen molar-refractivity contribution in [3.63, 3.8) is 0 Å². The molecule has 1 saturated heterocycles. The molecule has 0 radical (unpaired) electrons. The molecule has 3 aliphatic heterocycles. The molecule has 0 aliphatic carbocycles. The first-order valence-electron chi connectivity index (χ1n) is 8.55. The van der Waals surface area contributed by atoms with Crippen molar-refractivity contribution in [2.75, 3.05) is 29.9 Å². The predicted octanol–water partition coefficient (Wildman–Crippen LogP) is 1.27. The average molecular weight is 359 g/mol. The molecule has 0 spiro atoms. The molecule has 3 aliphatic rings. The van der Waals surface area contributed by atoms with Crippen LogP contribution in [0.4, 0.5) is 16.2 Å². The number of hydrogen-bond acceptors (Lipinski definition) is 6. The number of amidine groups is 1. The number of nitrogens with zero attached hydrogens (tertiary/aromatic N) is 3. The normalized spacial score (nSPS) is 27.1. The number of hydrogen-bond donors (Lipinski definition) is 3. The van der Waals surface area contributed by atoms with Crippen LogP contribution in [0.1, 0.15) is 20.3 Å². The lowest BCUT2D eigenvalue weighted by Crippen LogP contribution is -2.55. The van der Waals surface area contributed by atoms with Crippen LogP contribution in [0.25, 0.3) is 0 Å². The van der Waals surface area contributed by atoms with Gasteiger partial charge in [0.25, 0.3) is 5.91 Å². The van der Waals surface area contributed by atoms with Gasteiger partial charge < -0.3 is 25.0 Å². The zero-order valence-corrected chi connectivity index (χ0v) is 14.7. The fraction of sp³-hybridized carbons (Fsp3) is 0.471. The second-order valence-corrected chi connectivity index (χ2v) is 7.16. The van der Waals surface area contributed by atoms with Crippen LogP contribution < -0.4 is 20.4 Å². The van der Waals surface area contributed by atoms with Crippen LogP contribution in [0.5, 0.6) is 5.75 Å². The maximum Gasteiger partial charge on any atom is 0.407 e. The molecule has 3 heterocycles. The molecule has 0 bridgehead atoms. The number of carbonyl (C=O) groups excluding carboxylic acids is 1. The van der Waals surface area contributed by atoms with Crippen LogP contribution in [0.15, 0.2) is 23.3 Å². The number of fused-ring (bicyclic) bond motifs is 3. The first kappa shape index (κ1) is 16.5. The van der Waals surface area contributed by atoms with E-state index in [0.29, 0.717) is 31.3 Å². The molecule has 0 aromatic heterocycles. The van der Waals surface area contributed by atoms with Gasteiger partial charge in [0.2, 0.25) is 0 Å². The lowest BCUT2D eigenvalue weighted by atomic mass is 10.0. The second-order valence-electron chi connectivity index (χ2n) is 7.16. The summed E-state index contributed by atoms with van der Waals surface area (Å²) in [7, 11) is 0. The Morgan fingerprint density at radius 3 is 3.04 bits per heavy atom. The van der Waals surface area contributed by atoms with Gasteiger partial charge in [0.05, 0.1) is 11.2 Å². The van der Waals surface area contributed by atoms with E-state index in [4.69, 9.17) is 4.74 Å². The molecule has 138 valence electrons. The first-order chi connectivity index (χ1) is 12.4. The third-order valence-corrected chi connectivity index (χ3v) is 5.11. The summed E-state index contributed by atoms with van der Waals surface area (Å²) in [6, 6.07) is 5.31. The largest absolute Gasteiger partial charge is 0.483 e. The van der Waals surface area contributed by atoms with Crippen molar-refractivity contribution < 1.29 is 19.4 Å². The highest BCUT2D eigenvalue weighted by molar-refractivity contribution is 6.09. The van der Waals surface area contributed by atoms with Gasteiger partial charge in [0.15, 0.2) is 5.84 Å². The van der Waals surface area contributed by atoms with Gasteiger partial charge in [-0.05, 0) is 38.5 Å². The SMILES string of the molecule is CC1C(=O)NN=C2COc3ccc(N[C@@]4(C)CCN(C(=O)O)C4)cc3N21. The molecule has 2 atom stereocenters. The summed E-state index contributed by atoms with van der Waals surface area (Å²) < 4.78 is 5.74. The third-order valence-electron chi connectivity index (χ3n) is 5.11. The number of likely N-dealkylation sites (tertiary alicyclic amines) is 1. The summed E-state index contributed by atoms with van der Waals surface area (Å²) in [5, 5.41) is 16.7. The molecule has 1 fully saturated rings. The van der Waals surface area contributed by atoms with Gasteiger partial charge in [-0.25, -0.2) is 10.2 Å². The van der Waals surface area contributed by atoms with Crippen LogP contribution in [-0.2, 0) is 4.79 Å². The maximum atomic E-state index is 12.0. The van der Waals surface area contributed by atoms with E-state index in [2.05, 4.69) is 15.8 Å². The minimum Gasteiger partial charge on any atom is -0.483 e. The number of anilines is 2. The van der Waals surface area contributed by atoms with E-state index in [1.807, 2.05) is 36.9 Å². The molecule has 0 saturated carbocycles. The molecule has 1 aromatic carbocycles. The van der Waals surface area contributed by atoms with E-state index in [0.717, 1.165) is 17.8 Å². The Bertz CT molecular complexity index is 810. The Morgan fingerprint density at radius 1 is 1.50 bits per heavy atom. The molecule has 1 unspecified atom stereocenters. The maximum absolute atomic E-state index is 12.0. The number of carbonyl (C=O) groups is 2. The highest BCUT2D eigenvalue weighted by Crippen LogP contribution is 2.38. The Hall–Kier alpha value is -2.97. The van der Waals surface area contributed by atoms with Crippen molar-refractivity contribution >= 4 is 29.2 Å². The van der Waals surface area contributed by atoms with Crippen LogP contribution in [-0.4, -0.2) is 59.1 Å². The number of carboxylic acid groups (broad SMARTS) is 1. The first-order valence-corrected chi connectivity index (χ1v) is 8.55. The zero-order valence-electron chi connectivity index (χ0n) is 14.7.